The summed E-state index contributed by atoms with van der Waals surface area (Å²) < 4.78 is 40.0. The van der Waals surface area contributed by atoms with Crippen LogP contribution >= 0.6 is 0 Å². The Bertz CT molecular complexity index is 1010. The number of hydrogen-bond acceptors (Lipinski definition) is 6. The average molecular weight is 493 g/mol. The van der Waals surface area contributed by atoms with Crippen LogP contribution in [0.4, 0.5) is 4.79 Å². The van der Waals surface area contributed by atoms with Gasteiger partial charge < -0.3 is 9.47 Å². The second-order valence-electron chi connectivity index (χ2n) is 9.53. The third-order valence-electron chi connectivity index (χ3n) is 7.08. The predicted octanol–water partition coefficient (Wildman–Crippen LogP) is 2.90. The third kappa shape index (κ3) is 5.89. The topological polar surface area (TPSA) is 112 Å². The third-order valence-corrected chi connectivity index (χ3v) is 8.64. The Labute approximate surface area is 203 Å². The molecule has 1 aliphatic carbocycles. The zero-order chi connectivity index (χ0) is 25.0. The van der Waals surface area contributed by atoms with Crippen molar-refractivity contribution >= 4 is 16.3 Å². The summed E-state index contributed by atoms with van der Waals surface area (Å²) in [6.45, 7) is 4.09. The molecule has 34 heavy (non-hydrogen) atoms. The smallest absolute Gasteiger partial charge is 0.410 e. The molecule has 0 bridgehead atoms. The summed E-state index contributed by atoms with van der Waals surface area (Å²) in [6.07, 6.45) is 3.80. The second-order valence-corrected chi connectivity index (χ2v) is 11.5. The van der Waals surface area contributed by atoms with Crippen molar-refractivity contribution in [1.29, 1.82) is 5.26 Å². The molecule has 3 rings (SSSR count). The van der Waals surface area contributed by atoms with Crippen LogP contribution in [-0.4, -0.2) is 75.8 Å². The molecule has 1 N–H and O–H groups in total. The van der Waals surface area contributed by atoms with E-state index in [0.717, 1.165) is 35.6 Å². The van der Waals surface area contributed by atoms with Crippen LogP contribution in [-0.2, 0) is 19.7 Å². The van der Waals surface area contributed by atoms with Crippen molar-refractivity contribution in [1.82, 2.24) is 13.9 Å². The number of likely N-dealkylation sites (tertiary alicyclic amines) is 1. The predicted molar refractivity (Wildman–Crippen MR) is 128 cm³/mol. The van der Waals surface area contributed by atoms with Crippen molar-refractivity contribution in [2.75, 3.05) is 27.8 Å². The first-order valence-corrected chi connectivity index (χ1v) is 13.2. The molecule has 9 nitrogen and oxygen atoms in total. The van der Waals surface area contributed by atoms with Gasteiger partial charge in [0, 0.05) is 26.2 Å². The van der Waals surface area contributed by atoms with Gasteiger partial charge in [-0.2, -0.15) is 22.7 Å². The van der Waals surface area contributed by atoms with Gasteiger partial charge in [0.2, 0.25) is 0 Å². The molecule has 0 unspecified atom stereocenters. The van der Waals surface area contributed by atoms with Crippen molar-refractivity contribution in [3.05, 3.63) is 34.9 Å². The van der Waals surface area contributed by atoms with Crippen molar-refractivity contribution in [3.63, 3.8) is 0 Å². The number of methoxy groups -OCH3 is 1. The molecule has 2 fully saturated rings. The van der Waals surface area contributed by atoms with Crippen LogP contribution in [0.5, 0.6) is 0 Å². The number of carbonyl (C=O) groups is 1. The van der Waals surface area contributed by atoms with Gasteiger partial charge in [0.25, 0.3) is 10.2 Å². The zero-order valence-corrected chi connectivity index (χ0v) is 21.5. The van der Waals surface area contributed by atoms with E-state index in [4.69, 9.17) is 14.7 Å². The monoisotopic (exact) mass is 492 g/mol. The fraction of sp³-hybridized carbons (Fsp3) is 0.667. The summed E-state index contributed by atoms with van der Waals surface area (Å²) >= 11 is 0. The van der Waals surface area contributed by atoms with Gasteiger partial charge in [0.15, 0.2) is 0 Å². The highest BCUT2D eigenvalue weighted by Crippen LogP contribution is 2.35. The number of amides is 1. The molecule has 1 heterocycles. The first-order valence-electron chi connectivity index (χ1n) is 11.8. The van der Waals surface area contributed by atoms with E-state index in [1.807, 2.05) is 26.0 Å². The minimum Gasteiger partial charge on any atom is -0.453 e. The van der Waals surface area contributed by atoms with Crippen LogP contribution < -0.4 is 4.72 Å². The Morgan fingerprint density at radius 2 is 1.94 bits per heavy atom. The summed E-state index contributed by atoms with van der Waals surface area (Å²) in [7, 11) is 0.616. The van der Waals surface area contributed by atoms with Crippen molar-refractivity contribution in [3.8, 4) is 6.07 Å². The van der Waals surface area contributed by atoms with E-state index in [9.17, 15) is 13.2 Å². The van der Waals surface area contributed by atoms with E-state index in [-0.39, 0.29) is 18.8 Å². The van der Waals surface area contributed by atoms with E-state index >= 15 is 0 Å². The maximum Gasteiger partial charge on any atom is 0.410 e. The maximum atomic E-state index is 12.4. The number of nitriles is 1. The lowest BCUT2D eigenvalue weighted by Crippen LogP contribution is -2.52. The molecule has 1 aromatic rings. The van der Waals surface area contributed by atoms with Gasteiger partial charge in [-0.15, -0.1) is 0 Å². The Hall–Kier alpha value is -2.19. The Morgan fingerprint density at radius 3 is 2.50 bits per heavy atom. The van der Waals surface area contributed by atoms with E-state index in [1.165, 1.54) is 26.8 Å². The quantitative estimate of drug-likeness (QED) is 0.626. The molecule has 1 saturated heterocycles. The Morgan fingerprint density at radius 1 is 1.26 bits per heavy atom. The highest BCUT2D eigenvalue weighted by atomic mass is 32.2. The summed E-state index contributed by atoms with van der Waals surface area (Å²) in [5.74, 6) is 0.434. The van der Waals surface area contributed by atoms with E-state index in [0.29, 0.717) is 17.9 Å². The highest BCUT2D eigenvalue weighted by molar-refractivity contribution is 7.87. The number of rotatable bonds is 7. The van der Waals surface area contributed by atoms with E-state index in [1.54, 1.807) is 4.90 Å². The molecule has 0 radical (unpaired) electrons. The van der Waals surface area contributed by atoms with Crippen LogP contribution in [0.3, 0.4) is 0 Å². The van der Waals surface area contributed by atoms with Gasteiger partial charge in [0.05, 0.1) is 37.5 Å². The number of carbonyl (C=O) groups excluding carboxylic acids is 1. The largest absolute Gasteiger partial charge is 0.453 e. The van der Waals surface area contributed by atoms with Crippen molar-refractivity contribution in [2.24, 2.45) is 0 Å². The van der Waals surface area contributed by atoms with Gasteiger partial charge in [-0.25, -0.2) is 4.79 Å². The number of ether oxygens (including phenoxy) is 2. The summed E-state index contributed by atoms with van der Waals surface area (Å²) in [5, 5.41) is 9.16. The molecule has 188 valence electrons. The van der Waals surface area contributed by atoms with Crippen LogP contribution in [0.15, 0.2) is 18.2 Å². The number of nitrogens with one attached hydrogen (secondary N) is 1. The molecular weight excluding hydrogens is 456 g/mol. The number of benzene rings is 1. The first kappa shape index (κ1) is 26.4. The lowest BCUT2D eigenvalue weighted by Gasteiger charge is -2.33. The van der Waals surface area contributed by atoms with Crippen LogP contribution in [0.1, 0.15) is 61.6 Å². The molecule has 10 heteroatoms. The molecule has 0 aromatic heterocycles. The van der Waals surface area contributed by atoms with Gasteiger partial charge in [-0.3, -0.25) is 4.90 Å². The summed E-state index contributed by atoms with van der Waals surface area (Å²) in [6, 6.07) is 7.19. The van der Waals surface area contributed by atoms with E-state index < -0.39 is 28.4 Å². The number of nitrogens with zero attached hydrogens (tertiary/aromatic N) is 3. The molecule has 1 amide bonds. The lowest BCUT2D eigenvalue weighted by atomic mass is 9.82. The summed E-state index contributed by atoms with van der Waals surface area (Å²) in [5.41, 5.74) is 2.97. The molecule has 2 aliphatic rings. The Balaban J connectivity index is 1.63. The molecular formula is C24H36N4O5S. The summed E-state index contributed by atoms with van der Waals surface area (Å²) in [4.78, 5) is 14.0. The van der Waals surface area contributed by atoms with Crippen LogP contribution in [0.25, 0.3) is 0 Å². The number of aryl methyl sites for hydroxylation is 1. The lowest BCUT2D eigenvalue weighted by molar-refractivity contribution is -0.00865. The molecule has 1 aromatic carbocycles. The van der Waals surface area contributed by atoms with Crippen molar-refractivity contribution in [2.45, 2.75) is 76.1 Å². The van der Waals surface area contributed by atoms with Gasteiger partial charge >= 0.3 is 6.09 Å². The zero-order valence-electron chi connectivity index (χ0n) is 20.7. The van der Waals surface area contributed by atoms with Gasteiger partial charge in [-0.1, -0.05) is 12.1 Å². The Kier molecular flexibility index (Phi) is 8.57. The van der Waals surface area contributed by atoms with Crippen LogP contribution in [0, 0.1) is 18.3 Å². The maximum absolute atomic E-state index is 12.4. The minimum atomic E-state index is -3.65. The molecule has 1 saturated carbocycles. The van der Waals surface area contributed by atoms with E-state index in [2.05, 4.69) is 16.9 Å². The second kappa shape index (κ2) is 11.0. The minimum absolute atomic E-state index is 0.0530. The van der Waals surface area contributed by atoms with Crippen molar-refractivity contribution < 1.29 is 22.7 Å². The van der Waals surface area contributed by atoms with Crippen LogP contribution in [0.2, 0.25) is 0 Å². The SMILES string of the molecule is COC(=O)N1[C@H](C)C[C@H](NS(=O)(=O)N(C)C)[C@@H]1COC1CCC(c2ccc(C#N)c(C)c2)CC1. The molecule has 1 aliphatic heterocycles. The standard InChI is InChI=1S/C24H36N4O5S/c1-16-12-19(6-7-20(16)14-25)18-8-10-21(11-9-18)33-15-23-22(26-34(30,31)27(3)4)13-17(2)28(23)24(29)32-5/h6-7,12,17-18,21-23,26H,8-11,13,15H2,1-5H3/t17-,18?,21?,22+,23+/m1/s1. The molecule has 0 spiro atoms. The fourth-order valence-electron chi connectivity index (χ4n) is 5.06. The van der Waals surface area contributed by atoms with Gasteiger partial charge in [-0.05, 0) is 69.1 Å². The van der Waals surface area contributed by atoms with Gasteiger partial charge in [0.1, 0.15) is 0 Å². The molecule has 3 atom stereocenters. The first-order chi connectivity index (χ1) is 16.1. The number of hydrogen-bond donors (Lipinski definition) is 1. The fourth-order valence-corrected chi connectivity index (χ4v) is 5.91. The normalized spacial score (nSPS) is 27.6. The highest BCUT2D eigenvalue weighted by Gasteiger charge is 2.44. The average Bonchev–Trinajstić information content (AvgIpc) is 3.11.